The fraction of sp³-hybridized carbons (Fsp3) is 0. The molecule has 0 aromatic carbocycles. The molecule has 0 rings (SSSR count). The summed E-state index contributed by atoms with van der Waals surface area (Å²) < 4.78 is 3.28. The molecule has 0 saturated carbocycles. The Morgan fingerprint density at radius 1 is 1.62 bits per heavy atom. The van der Waals surface area contributed by atoms with E-state index in [1.165, 1.54) is 0 Å². The van der Waals surface area contributed by atoms with Crippen molar-refractivity contribution in [2.75, 3.05) is 0 Å². The summed E-state index contributed by atoms with van der Waals surface area (Å²) in [6.45, 7) is -0.150. The largest absolute Gasteiger partial charge is 1.00 e. The van der Waals surface area contributed by atoms with Crippen molar-refractivity contribution in [1.82, 2.24) is 0 Å². The van der Waals surface area contributed by atoms with E-state index in [2.05, 4.69) is 4.74 Å². The van der Waals surface area contributed by atoms with Crippen LogP contribution in [0.25, 0.3) is 0 Å². The first-order valence-electron chi connectivity index (χ1n) is 1.10. The Kier molecular flexibility index (Phi) is 21.6. The van der Waals surface area contributed by atoms with Crippen LogP contribution in [0.4, 0.5) is 4.79 Å². The van der Waals surface area contributed by atoms with Crippen LogP contribution in [0, 0.1) is 0 Å². The first-order valence-corrected chi connectivity index (χ1v) is 1.10. The Balaban J connectivity index is -0.0000000208. The Bertz CT molecular complexity index is 79.7. The van der Waals surface area contributed by atoms with Crippen LogP contribution in [0.5, 0.6) is 0 Å². The van der Waals surface area contributed by atoms with Gasteiger partial charge in [-0.3, -0.25) is 4.79 Å². The third-order valence-electron chi connectivity index (χ3n) is 0.149. The first-order chi connectivity index (χ1) is 2.77. The molecule has 0 aromatic rings. The van der Waals surface area contributed by atoms with Gasteiger partial charge in [-0.05, 0) is 0 Å². The van der Waals surface area contributed by atoms with Crippen LogP contribution in [0.2, 0.25) is 0 Å². The second kappa shape index (κ2) is 10.8. The molecule has 0 aliphatic rings. The minimum atomic E-state index is -1.58. The summed E-state index contributed by atoms with van der Waals surface area (Å²) in [5, 5.41) is 7.46. The van der Waals surface area contributed by atoms with Crippen LogP contribution in [0.15, 0.2) is 0 Å². The van der Waals surface area contributed by atoms with Crippen molar-refractivity contribution in [2.24, 2.45) is 0 Å². The molecule has 38 valence electrons. The molecule has 0 saturated heterocycles. The molecule has 0 aliphatic heterocycles. The minimum absolute atomic E-state index is 0. The smallest absolute Gasteiger partial charge is 1.00 e. The van der Waals surface area contributed by atoms with Gasteiger partial charge in [-0.25, -0.2) is 4.79 Å². The Morgan fingerprint density at radius 2 is 2.00 bits per heavy atom. The third kappa shape index (κ3) is 15.8. The van der Waals surface area contributed by atoms with Gasteiger partial charge in [-0.2, -0.15) is 0 Å². The van der Waals surface area contributed by atoms with Gasteiger partial charge in [0.15, 0.2) is 0 Å². The number of carboxylic acid groups (broad SMARTS) is 1. The quantitative estimate of drug-likeness (QED) is 0.169. The van der Waals surface area contributed by atoms with Crippen molar-refractivity contribution >= 4 is 12.6 Å². The second-order valence-corrected chi connectivity index (χ2v) is 0.480. The predicted octanol–water partition coefficient (Wildman–Crippen LogP) is -5.93. The minimum Gasteiger partial charge on any atom is -1.00 e. The Labute approximate surface area is 93.1 Å². The number of carbonyl (C=O) groups excluding carboxylic acids is 1. The fourth-order valence-corrected chi connectivity index (χ4v) is 0.0412. The summed E-state index contributed by atoms with van der Waals surface area (Å²) in [6.07, 6.45) is -1.58. The van der Waals surface area contributed by atoms with Crippen LogP contribution >= 0.6 is 0 Å². The normalized spacial score (nSPS) is 5.00. The van der Waals surface area contributed by atoms with Gasteiger partial charge < -0.3 is 12.7 Å². The van der Waals surface area contributed by atoms with E-state index in [1.54, 1.807) is 0 Å². The molecular formula is C2H4Na2O4. The number of hydrogen-bond donors (Lipinski definition) is 1. The molecule has 0 heterocycles. The van der Waals surface area contributed by atoms with Gasteiger partial charge in [-0.15, -0.1) is 0 Å². The molecule has 0 amide bonds. The standard InChI is InChI=1S/C2H2O4.2Na.2H/c3-1-6-2(4)5;;;;/h1H,(H,4,5);;;;/q;2*+1;2*-1. The topological polar surface area (TPSA) is 63.6 Å². The summed E-state index contributed by atoms with van der Waals surface area (Å²) in [6, 6.07) is 0. The van der Waals surface area contributed by atoms with Gasteiger partial charge in [0.25, 0.3) is 0 Å². The summed E-state index contributed by atoms with van der Waals surface area (Å²) in [5.41, 5.74) is 0. The van der Waals surface area contributed by atoms with Crippen molar-refractivity contribution in [3.63, 3.8) is 0 Å². The molecule has 1 N–H and O–H groups in total. The van der Waals surface area contributed by atoms with Crippen molar-refractivity contribution in [1.29, 1.82) is 0 Å². The summed E-state index contributed by atoms with van der Waals surface area (Å²) in [7, 11) is 0. The van der Waals surface area contributed by atoms with E-state index >= 15 is 0 Å². The number of ether oxygens (including phenoxy) is 1. The molecule has 0 aliphatic carbocycles. The average molecular weight is 138 g/mol. The molecule has 8 heavy (non-hydrogen) atoms. The molecule has 0 unspecified atom stereocenters. The predicted molar refractivity (Wildman–Crippen MR) is 17.4 cm³/mol. The monoisotopic (exact) mass is 138 g/mol. The SMILES string of the molecule is O=COC(=O)O.[H-].[H-].[Na+].[Na+]. The summed E-state index contributed by atoms with van der Waals surface area (Å²) >= 11 is 0. The summed E-state index contributed by atoms with van der Waals surface area (Å²) in [4.78, 5) is 18.2. The zero-order valence-corrected chi connectivity index (χ0v) is 8.75. The van der Waals surface area contributed by atoms with Gasteiger partial charge in [0.1, 0.15) is 0 Å². The molecular weight excluding hydrogens is 134 g/mol. The van der Waals surface area contributed by atoms with Crippen LogP contribution in [-0.2, 0) is 9.53 Å². The average Bonchev–Trinajstić information content (AvgIpc) is 1.35. The maximum absolute atomic E-state index is 9.15. The van der Waals surface area contributed by atoms with Gasteiger partial charge in [0.05, 0.1) is 0 Å². The van der Waals surface area contributed by atoms with Gasteiger partial charge in [-0.1, -0.05) is 0 Å². The second-order valence-electron chi connectivity index (χ2n) is 0.480. The van der Waals surface area contributed by atoms with E-state index in [-0.39, 0.29) is 68.4 Å². The van der Waals surface area contributed by atoms with Gasteiger partial charge >= 0.3 is 71.7 Å². The zero-order chi connectivity index (χ0) is 4.99. The van der Waals surface area contributed by atoms with E-state index in [1.807, 2.05) is 0 Å². The number of rotatable bonds is 1. The fourth-order valence-electron chi connectivity index (χ4n) is 0.0412. The van der Waals surface area contributed by atoms with E-state index in [0.29, 0.717) is 0 Å². The third-order valence-corrected chi connectivity index (χ3v) is 0.149. The first kappa shape index (κ1) is 16.0. The van der Waals surface area contributed by atoms with Gasteiger partial charge in [0, 0.05) is 0 Å². The molecule has 0 aromatic heterocycles. The molecule has 6 heteroatoms. The van der Waals surface area contributed by atoms with Gasteiger partial charge in [0.2, 0.25) is 0 Å². The molecule has 0 radical (unpaired) electrons. The molecule has 4 nitrogen and oxygen atoms in total. The van der Waals surface area contributed by atoms with Crippen LogP contribution in [0.3, 0.4) is 0 Å². The molecule has 0 fully saturated rings. The maximum Gasteiger partial charge on any atom is 1.00 e. The molecule has 0 bridgehead atoms. The maximum atomic E-state index is 9.15. The van der Waals surface area contributed by atoms with E-state index in [0.717, 1.165) is 0 Å². The van der Waals surface area contributed by atoms with Crippen molar-refractivity contribution in [3.8, 4) is 0 Å². The zero-order valence-electron chi connectivity index (χ0n) is 6.75. The van der Waals surface area contributed by atoms with E-state index in [9.17, 15) is 0 Å². The Hall–Kier alpha value is 0.940. The van der Waals surface area contributed by atoms with Crippen LogP contribution < -0.4 is 59.1 Å². The number of carbonyl (C=O) groups is 2. The van der Waals surface area contributed by atoms with Crippen LogP contribution in [0.1, 0.15) is 2.85 Å². The van der Waals surface area contributed by atoms with Crippen LogP contribution in [-0.4, -0.2) is 17.7 Å². The van der Waals surface area contributed by atoms with Crippen molar-refractivity contribution in [2.45, 2.75) is 0 Å². The van der Waals surface area contributed by atoms with E-state index in [4.69, 9.17) is 14.7 Å². The van der Waals surface area contributed by atoms with E-state index < -0.39 is 6.16 Å². The summed E-state index contributed by atoms with van der Waals surface area (Å²) in [5.74, 6) is 0. The molecule has 0 atom stereocenters. The van der Waals surface area contributed by atoms with Crippen molar-refractivity contribution in [3.05, 3.63) is 0 Å². The number of hydrogen-bond acceptors (Lipinski definition) is 3. The Morgan fingerprint density at radius 3 is 2.00 bits per heavy atom. The van der Waals surface area contributed by atoms with Crippen molar-refractivity contribution < 1.29 is 81.4 Å². The molecule has 0 spiro atoms.